The molecule has 0 aromatic rings. The fourth-order valence-electron chi connectivity index (χ4n) is 4.34. The Balaban J connectivity index is 3.65. The van der Waals surface area contributed by atoms with Gasteiger partial charge in [-0.05, 0) is 45.1 Å². The molecule has 0 aromatic carbocycles. The highest BCUT2D eigenvalue weighted by atomic mass is 16.4. The summed E-state index contributed by atoms with van der Waals surface area (Å²) >= 11 is 0. The second-order valence-corrected chi connectivity index (χ2v) is 11.1. The molecule has 6 atom stereocenters. The first-order valence-corrected chi connectivity index (χ1v) is 14.6. The number of carbonyl (C=O) groups excluding carboxylic acids is 6. The minimum absolute atomic E-state index is 0.0197. The smallest absolute Gasteiger partial charge is 0.305 e. The molecule has 0 aliphatic carbocycles. The van der Waals surface area contributed by atoms with Gasteiger partial charge in [0.25, 0.3) is 0 Å². The Bertz CT molecular complexity index is 1180. The van der Waals surface area contributed by atoms with E-state index in [1.807, 2.05) is 0 Å². The number of nitrogens with one attached hydrogen (secondary N) is 6. The highest BCUT2D eigenvalue weighted by Gasteiger charge is 2.36. The number of carboxylic acid groups (broad SMARTS) is 3. The summed E-state index contributed by atoms with van der Waals surface area (Å²) in [6.07, 6.45) is -2.28. The zero-order chi connectivity index (χ0) is 35.1. The van der Waals surface area contributed by atoms with Crippen molar-refractivity contribution in [2.24, 2.45) is 11.7 Å². The Kier molecular flexibility index (Phi) is 16.1. The van der Waals surface area contributed by atoms with Gasteiger partial charge in [0.2, 0.25) is 35.4 Å². The van der Waals surface area contributed by atoms with Gasteiger partial charge >= 0.3 is 17.9 Å². The standard InChI is InChI=1S/C27H43N7O12/c1-12(2)21-27(46)33-16(10-19(37)38)25(44)29-13(3)22(41)30-15(7-8-18(35)36)23(42)32-17(11-20(39)40)26(45)31-14(24(43)34-21)6-4-5-9-28/h12-17,21H,4-11,28H2,1-3H3,(H,29,44)(H,30,41)(H,31,45)(H,32,42)(H,33,46)(H,34,43)(H,35,36)(H,37,38)(H,39,40)/t13-,14-,15-,16-,17-,21-/m0/s1. The van der Waals surface area contributed by atoms with Gasteiger partial charge in [0, 0.05) is 6.42 Å². The third kappa shape index (κ3) is 13.4. The molecule has 1 heterocycles. The van der Waals surface area contributed by atoms with Gasteiger partial charge < -0.3 is 53.0 Å². The number of carbonyl (C=O) groups is 9. The molecule has 19 nitrogen and oxygen atoms in total. The van der Waals surface area contributed by atoms with Crippen LogP contribution >= 0.6 is 0 Å². The second-order valence-electron chi connectivity index (χ2n) is 11.1. The van der Waals surface area contributed by atoms with Gasteiger partial charge in [-0.15, -0.1) is 0 Å². The lowest BCUT2D eigenvalue weighted by Crippen LogP contribution is -2.62. The van der Waals surface area contributed by atoms with E-state index in [9.17, 15) is 53.4 Å². The zero-order valence-corrected chi connectivity index (χ0v) is 25.8. The van der Waals surface area contributed by atoms with E-state index in [0.29, 0.717) is 12.8 Å². The highest BCUT2D eigenvalue weighted by molar-refractivity contribution is 5.99. The van der Waals surface area contributed by atoms with Crippen LogP contribution in [0.1, 0.15) is 65.7 Å². The van der Waals surface area contributed by atoms with Crippen molar-refractivity contribution in [3.63, 3.8) is 0 Å². The normalized spacial score (nSPS) is 25.5. The van der Waals surface area contributed by atoms with Crippen molar-refractivity contribution in [3.8, 4) is 0 Å². The Hall–Kier alpha value is -4.81. The molecule has 46 heavy (non-hydrogen) atoms. The van der Waals surface area contributed by atoms with Crippen LogP contribution < -0.4 is 37.6 Å². The van der Waals surface area contributed by atoms with Crippen LogP contribution in [0.15, 0.2) is 0 Å². The van der Waals surface area contributed by atoms with Crippen molar-refractivity contribution in [2.75, 3.05) is 6.54 Å². The number of carboxylic acids is 3. The molecule has 0 saturated carbocycles. The van der Waals surface area contributed by atoms with Crippen molar-refractivity contribution in [1.82, 2.24) is 31.9 Å². The Morgan fingerprint density at radius 3 is 1.54 bits per heavy atom. The predicted molar refractivity (Wildman–Crippen MR) is 156 cm³/mol. The topological polar surface area (TPSA) is 313 Å². The summed E-state index contributed by atoms with van der Waals surface area (Å²) in [6, 6.07) is -9.27. The third-order valence-electron chi connectivity index (χ3n) is 6.88. The van der Waals surface area contributed by atoms with Crippen LogP contribution in [0.4, 0.5) is 0 Å². The maximum atomic E-state index is 13.4. The average Bonchev–Trinajstić information content (AvgIpc) is 2.94. The Morgan fingerprint density at radius 2 is 1.04 bits per heavy atom. The van der Waals surface area contributed by atoms with E-state index in [2.05, 4.69) is 31.9 Å². The lowest BCUT2D eigenvalue weighted by Gasteiger charge is -2.29. The molecule has 19 heteroatoms. The van der Waals surface area contributed by atoms with Crippen LogP contribution in [0.2, 0.25) is 0 Å². The number of hydrogen-bond donors (Lipinski definition) is 10. The maximum absolute atomic E-state index is 13.4. The fraction of sp³-hybridized carbons (Fsp3) is 0.667. The van der Waals surface area contributed by atoms with Gasteiger partial charge in [-0.25, -0.2) is 0 Å². The van der Waals surface area contributed by atoms with Gasteiger partial charge in [0.15, 0.2) is 0 Å². The summed E-state index contributed by atoms with van der Waals surface area (Å²) < 4.78 is 0. The van der Waals surface area contributed by atoms with Crippen molar-refractivity contribution >= 4 is 53.4 Å². The van der Waals surface area contributed by atoms with Crippen molar-refractivity contribution in [3.05, 3.63) is 0 Å². The summed E-state index contributed by atoms with van der Waals surface area (Å²) in [5.74, 6) is -11.1. The predicted octanol–water partition coefficient (Wildman–Crippen LogP) is -3.47. The van der Waals surface area contributed by atoms with E-state index in [-0.39, 0.29) is 13.0 Å². The third-order valence-corrected chi connectivity index (χ3v) is 6.88. The van der Waals surface area contributed by atoms with E-state index < -0.39 is 121 Å². The van der Waals surface area contributed by atoms with Gasteiger partial charge in [0.05, 0.1) is 12.8 Å². The van der Waals surface area contributed by atoms with E-state index in [4.69, 9.17) is 10.8 Å². The first-order valence-electron chi connectivity index (χ1n) is 14.6. The fourth-order valence-corrected chi connectivity index (χ4v) is 4.34. The molecule has 0 spiro atoms. The Morgan fingerprint density at radius 1 is 0.609 bits per heavy atom. The van der Waals surface area contributed by atoms with Crippen molar-refractivity contribution < 1.29 is 58.5 Å². The van der Waals surface area contributed by atoms with E-state index in [1.165, 1.54) is 6.92 Å². The van der Waals surface area contributed by atoms with Crippen LogP contribution in [0.5, 0.6) is 0 Å². The molecule has 1 saturated heterocycles. The van der Waals surface area contributed by atoms with Crippen LogP contribution in [0.25, 0.3) is 0 Å². The quantitative estimate of drug-likeness (QED) is 0.0913. The highest BCUT2D eigenvalue weighted by Crippen LogP contribution is 2.09. The molecule has 0 unspecified atom stereocenters. The number of hydrogen-bond acceptors (Lipinski definition) is 10. The minimum Gasteiger partial charge on any atom is -0.481 e. The average molecular weight is 658 g/mol. The number of unbranched alkanes of at least 4 members (excludes halogenated alkanes) is 1. The molecule has 0 radical (unpaired) electrons. The molecule has 1 aliphatic heterocycles. The van der Waals surface area contributed by atoms with Gasteiger partial charge in [-0.3, -0.25) is 43.2 Å². The van der Waals surface area contributed by atoms with Crippen molar-refractivity contribution in [2.45, 2.75) is 102 Å². The summed E-state index contributed by atoms with van der Waals surface area (Å²) in [5, 5.41) is 41.6. The van der Waals surface area contributed by atoms with E-state index in [1.54, 1.807) is 13.8 Å². The van der Waals surface area contributed by atoms with Gasteiger partial charge in [-0.2, -0.15) is 0 Å². The van der Waals surface area contributed by atoms with Crippen LogP contribution in [0.3, 0.4) is 0 Å². The molecule has 6 amide bonds. The summed E-state index contributed by atoms with van der Waals surface area (Å²) in [7, 11) is 0. The molecule has 0 aromatic heterocycles. The molecule has 1 aliphatic rings. The lowest BCUT2D eigenvalue weighted by atomic mass is 10.0. The molecule has 1 rings (SSSR count). The van der Waals surface area contributed by atoms with Gasteiger partial charge in [0.1, 0.15) is 36.3 Å². The molecule has 0 bridgehead atoms. The maximum Gasteiger partial charge on any atom is 0.305 e. The van der Waals surface area contributed by atoms with Crippen LogP contribution in [-0.4, -0.2) is 111 Å². The monoisotopic (exact) mass is 657 g/mol. The zero-order valence-electron chi connectivity index (χ0n) is 25.8. The number of nitrogens with two attached hydrogens (primary N) is 1. The Labute approximate surface area is 264 Å². The first-order chi connectivity index (χ1) is 21.5. The largest absolute Gasteiger partial charge is 0.481 e. The van der Waals surface area contributed by atoms with E-state index >= 15 is 0 Å². The van der Waals surface area contributed by atoms with Crippen molar-refractivity contribution in [1.29, 1.82) is 0 Å². The summed E-state index contributed by atoms with van der Waals surface area (Å²) in [6.45, 7) is 4.51. The first kappa shape index (κ1) is 39.2. The SMILES string of the molecule is CC(C)[C@@H]1NC(=O)[C@H](CCCCN)NC(=O)[C@H](CC(=O)O)NC(=O)[C@H](CCC(=O)O)NC(=O)[C@H](C)NC(=O)[C@H](CC(=O)O)NC1=O. The molecule has 1 fully saturated rings. The molecular weight excluding hydrogens is 614 g/mol. The minimum atomic E-state index is -1.78. The van der Waals surface area contributed by atoms with Gasteiger partial charge in [-0.1, -0.05) is 13.8 Å². The van der Waals surface area contributed by atoms with Crippen LogP contribution in [0, 0.1) is 5.92 Å². The van der Waals surface area contributed by atoms with Crippen LogP contribution in [-0.2, 0) is 43.2 Å². The molecular formula is C27H43N7O12. The number of amides is 6. The van der Waals surface area contributed by atoms with E-state index in [0.717, 1.165) is 0 Å². The number of rotatable bonds is 12. The molecule has 258 valence electrons. The number of aliphatic carboxylic acids is 3. The lowest BCUT2D eigenvalue weighted by molar-refractivity contribution is -0.143. The molecule has 11 N–H and O–H groups in total. The second kappa shape index (κ2) is 18.9. The summed E-state index contributed by atoms with van der Waals surface area (Å²) in [4.78, 5) is 113. The summed E-state index contributed by atoms with van der Waals surface area (Å²) in [5.41, 5.74) is 5.54.